The second kappa shape index (κ2) is 16.0. The number of ether oxygens (including phenoxy) is 1. The summed E-state index contributed by atoms with van der Waals surface area (Å²) in [6, 6.07) is 46.1. The number of benzene rings is 5. The second-order valence-electron chi connectivity index (χ2n) is 12.8. The highest BCUT2D eigenvalue weighted by Crippen LogP contribution is 2.49. The van der Waals surface area contributed by atoms with Crippen LogP contribution in [0.25, 0.3) is 0 Å². The number of nitrogens with one attached hydrogen (secondary N) is 1. The number of halogens is 3. The van der Waals surface area contributed by atoms with Crippen LogP contribution >= 0.6 is 7.05 Å². The lowest BCUT2D eigenvalue weighted by atomic mass is 10.0. The molecular weight excluding hydrogens is 708 g/mol. The lowest BCUT2D eigenvalue weighted by Crippen LogP contribution is -2.88. The molecule has 0 unspecified atom stereocenters. The number of quaternary nitrogens is 1. The Balaban J connectivity index is 1.39. The predicted octanol–water partition coefficient (Wildman–Crippen LogP) is 7.24. The molecule has 6 aromatic rings. The first-order valence-corrected chi connectivity index (χ1v) is 19.2. The van der Waals surface area contributed by atoms with Gasteiger partial charge in [0.1, 0.15) is 29.4 Å². The maximum Gasteiger partial charge on any atom is 0.471 e. The van der Waals surface area contributed by atoms with Crippen molar-refractivity contribution in [1.29, 1.82) is 5.41 Å². The Morgan fingerprint density at radius 1 is 0.759 bits per heavy atom. The maximum absolute atomic E-state index is 13.5. The number of aromatic nitrogens is 2. The van der Waals surface area contributed by atoms with Crippen LogP contribution in [0.5, 0.6) is 11.5 Å². The molecule has 1 aliphatic rings. The van der Waals surface area contributed by atoms with Gasteiger partial charge < -0.3 is 9.64 Å². The van der Waals surface area contributed by atoms with Gasteiger partial charge in [0.05, 0.1) is 19.3 Å². The Labute approximate surface area is 311 Å². The van der Waals surface area contributed by atoms with Crippen LogP contribution in [-0.2, 0) is 4.79 Å². The first-order chi connectivity index (χ1) is 26.2. The number of hydrogen-bond donors (Lipinski definition) is 2. The van der Waals surface area contributed by atoms with Crippen molar-refractivity contribution in [2.45, 2.75) is 25.1 Å². The fourth-order valence-corrected chi connectivity index (χ4v) is 10.2. The van der Waals surface area contributed by atoms with Crippen LogP contribution in [0.15, 0.2) is 157 Å². The van der Waals surface area contributed by atoms with E-state index in [-0.39, 0.29) is 24.6 Å². The topological polar surface area (TPSA) is 108 Å². The summed E-state index contributed by atoms with van der Waals surface area (Å²) < 4.78 is 52.0. The molecule has 8 nitrogen and oxygen atoms in total. The number of para-hydroxylation sites is 1. The molecule has 0 bridgehead atoms. The molecule has 1 fully saturated rings. The number of hydrogen-bond acceptors (Lipinski definition) is 6. The molecule has 1 aliphatic heterocycles. The predicted molar refractivity (Wildman–Crippen MR) is 205 cm³/mol. The van der Waals surface area contributed by atoms with E-state index < -0.39 is 25.2 Å². The van der Waals surface area contributed by atoms with Gasteiger partial charge in [0.15, 0.2) is 5.82 Å². The van der Waals surface area contributed by atoms with Crippen LogP contribution in [0, 0.1) is 5.41 Å². The normalized spacial score (nSPS) is 14.6. The van der Waals surface area contributed by atoms with Gasteiger partial charge in [-0.2, -0.15) is 18.2 Å². The van der Waals surface area contributed by atoms with Gasteiger partial charge in [-0.3, -0.25) is 15.5 Å². The molecule has 1 amide bonds. The third-order valence-electron chi connectivity index (χ3n) is 9.24. The van der Waals surface area contributed by atoms with Crippen molar-refractivity contribution in [3.63, 3.8) is 0 Å². The largest absolute Gasteiger partial charge is 0.471 e. The number of piperidine rings is 1. The number of carbonyl (C=O) groups excluding carboxylic acids is 1. The molecule has 3 N–H and O–H groups in total. The van der Waals surface area contributed by atoms with Crippen LogP contribution in [-0.4, -0.2) is 51.8 Å². The van der Waals surface area contributed by atoms with Gasteiger partial charge in [0, 0.05) is 34.4 Å². The van der Waals surface area contributed by atoms with E-state index in [0.29, 0.717) is 41.3 Å². The molecule has 272 valence electrons. The summed E-state index contributed by atoms with van der Waals surface area (Å²) >= 11 is 0. The molecule has 0 aliphatic carbocycles. The number of carbonyl (C=O) groups is 1. The van der Waals surface area contributed by atoms with Crippen LogP contribution in [0.2, 0.25) is 0 Å². The fourth-order valence-electron chi connectivity index (χ4n) is 6.72. The Morgan fingerprint density at radius 3 is 1.81 bits per heavy atom. The van der Waals surface area contributed by atoms with Gasteiger partial charge in [-0.15, -0.1) is 0 Å². The zero-order valence-electron chi connectivity index (χ0n) is 29.1. The van der Waals surface area contributed by atoms with Gasteiger partial charge in [-0.25, -0.2) is 9.73 Å². The van der Waals surface area contributed by atoms with Crippen molar-refractivity contribution >= 4 is 46.2 Å². The minimum absolute atomic E-state index is 0.0192. The van der Waals surface area contributed by atoms with Crippen molar-refractivity contribution in [2.24, 2.45) is 4.74 Å². The average molecular weight is 746 g/mol. The smallest absolute Gasteiger partial charge is 0.457 e. The van der Waals surface area contributed by atoms with Gasteiger partial charge >= 0.3 is 12.1 Å². The molecule has 12 heteroatoms. The third kappa shape index (κ3) is 7.88. The van der Waals surface area contributed by atoms with E-state index in [4.69, 9.17) is 14.5 Å². The number of alkyl halides is 3. The zero-order valence-corrected chi connectivity index (χ0v) is 30.0. The Hall–Kier alpha value is -5.90. The summed E-state index contributed by atoms with van der Waals surface area (Å²) in [4.78, 5) is 22.4. The lowest BCUT2D eigenvalue weighted by Gasteiger charge is -2.31. The van der Waals surface area contributed by atoms with E-state index in [0.717, 1.165) is 20.8 Å². The van der Waals surface area contributed by atoms with Crippen LogP contribution in [0.3, 0.4) is 0 Å². The van der Waals surface area contributed by atoms with Gasteiger partial charge in [0.2, 0.25) is 5.82 Å². The molecule has 0 radical (unpaired) electrons. The monoisotopic (exact) mass is 745 g/mol. The summed E-state index contributed by atoms with van der Waals surface area (Å²) in [5, 5.41) is 14.4. The summed E-state index contributed by atoms with van der Waals surface area (Å²) in [5.41, 5.74) is 0.954. The summed E-state index contributed by atoms with van der Waals surface area (Å²) in [7, 11) is -2.86. The Kier molecular flexibility index (Phi) is 10.8. The number of rotatable bonds is 10. The maximum atomic E-state index is 13.5. The average Bonchev–Trinajstić information content (AvgIpc) is 3.21. The van der Waals surface area contributed by atoms with E-state index in [2.05, 4.69) is 41.4 Å². The highest BCUT2D eigenvalue weighted by atomic mass is 31.2. The SMILES string of the molecule is N=C(c1ccc(Oc2ccccc2)cc1)c1c(N=P(c2ccccc2)(c2ccccc2)c2ccccc2)ncnc1[NH2+][C@@H]1CCCN(C(=O)C(F)(F)F)C1. The summed E-state index contributed by atoms with van der Waals surface area (Å²) in [6.07, 6.45) is -2.64. The second-order valence-corrected chi connectivity index (χ2v) is 15.9. The van der Waals surface area contributed by atoms with E-state index in [1.165, 1.54) is 6.33 Å². The van der Waals surface area contributed by atoms with Gasteiger partial charge in [-0.1, -0.05) is 109 Å². The van der Waals surface area contributed by atoms with Gasteiger partial charge in [0.25, 0.3) is 0 Å². The molecule has 1 saturated heterocycles. The number of nitrogens with zero attached hydrogens (tertiary/aromatic N) is 4. The van der Waals surface area contributed by atoms with Crippen LogP contribution < -0.4 is 26.0 Å². The van der Waals surface area contributed by atoms with E-state index in [1.54, 1.807) is 29.6 Å². The van der Waals surface area contributed by atoms with E-state index in [1.807, 2.05) is 84.9 Å². The molecule has 1 atom stereocenters. The molecule has 2 heterocycles. The fraction of sp³-hybridized carbons (Fsp3) is 0.143. The highest BCUT2D eigenvalue weighted by molar-refractivity contribution is 7.87. The molecule has 0 saturated carbocycles. The Bertz CT molecular complexity index is 2170. The molecular formula is C42H37F3N6O2P+. The minimum atomic E-state index is -4.97. The van der Waals surface area contributed by atoms with Crippen molar-refractivity contribution in [3.05, 3.63) is 163 Å². The summed E-state index contributed by atoms with van der Waals surface area (Å²) in [6.45, 7) is -0.104. The molecule has 54 heavy (non-hydrogen) atoms. The van der Waals surface area contributed by atoms with Crippen molar-refractivity contribution < 1.29 is 28.0 Å². The van der Waals surface area contributed by atoms with Gasteiger partial charge in [-0.05, 0) is 42.8 Å². The van der Waals surface area contributed by atoms with E-state index >= 15 is 0 Å². The first-order valence-electron chi connectivity index (χ1n) is 17.5. The minimum Gasteiger partial charge on any atom is -0.457 e. The highest BCUT2D eigenvalue weighted by Gasteiger charge is 2.44. The molecule has 7 rings (SSSR count). The number of amides is 1. The first kappa shape index (κ1) is 36.5. The van der Waals surface area contributed by atoms with Crippen molar-refractivity contribution in [3.8, 4) is 11.5 Å². The lowest BCUT2D eigenvalue weighted by molar-refractivity contribution is -0.616. The quantitative estimate of drug-likeness (QED) is 0.114. The standard InChI is InChI=1S/C42H36F3N6O2P/c43-42(44,45)41(52)51-27-13-14-31(28-51)49-39-37(38(46)30-23-25-33(26-24-30)53-32-15-5-1-6-16-32)40(48-29-47-39)50-54(34-17-7-2-8-18-34,35-19-9-3-10-20-35)36-21-11-4-12-22-36/h1-12,15-26,29,31,46H,13-14,27-28H2,(H,47,48,49)/p+1/t31-/m1/s1. The van der Waals surface area contributed by atoms with E-state index in [9.17, 15) is 23.4 Å². The summed E-state index contributed by atoms with van der Waals surface area (Å²) in [5.74, 6) is 0.0283. The number of nitrogens with two attached hydrogens (primary N) is 1. The molecule has 1 aromatic heterocycles. The zero-order chi connectivity index (χ0) is 37.5. The third-order valence-corrected chi connectivity index (χ3v) is 12.9. The number of likely N-dealkylation sites (tertiary alicyclic amines) is 1. The molecule has 0 spiro atoms. The van der Waals surface area contributed by atoms with Crippen molar-refractivity contribution in [2.75, 3.05) is 13.1 Å². The Morgan fingerprint density at radius 2 is 1.28 bits per heavy atom. The van der Waals surface area contributed by atoms with Crippen LogP contribution in [0.1, 0.15) is 24.0 Å². The van der Waals surface area contributed by atoms with Crippen LogP contribution in [0.4, 0.5) is 24.8 Å². The molecule has 5 aromatic carbocycles. The van der Waals surface area contributed by atoms with Crippen molar-refractivity contribution in [1.82, 2.24) is 14.9 Å².